The molecule has 3 saturated carbocycles. The van der Waals surface area contributed by atoms with E-state index in [4.69, 9.17) is 5.11 Å². The molecule has 0 amide bonds. The van der Waals surface area contributed by atoms with Gasteiger partial charge >= 0.3 is 5.97 Å². The van der Waals surface area contributed by atoms with Crippen LogP contribution in [0.2, 0.25) is 0 Å². The maximum atomic E-state index is 12.0. The van der Waals surface area contributed by atoms with Gasteiger partial charge in [-0.2, -0.15) is 0 Å². The molecule has 4 heteroatoms. The molecule has 0 aliphatic heterocycles. The fraction of sp³-hybridized carbons (Fsp3) is 0.833. The summed E-state index contributed by atoms with van der Waals surface area (Å²) in [6.07, 6.45) is 9.39. The first-order chi connectivity index (χ1) is 13.2. The lowest BCUT2D eigenvalue weighted by molar-refractivity contribution is -0.137. The van der Waals surface area contributed by atoms with Crippen molar-refractivity contribution in [2.45, 2.75) is 84.7 Å². The van der Waals surface area contributed by atoms with Gasteiger partial charge in [-0.15, -0.1) is 0 Å². The lowest BCUT2D eigenvalue weighted by Crippen LogP contribution is -2.55. The minimum absolute atomic E-state index is 0.0755. The minimum Gasteiger partial charge on any atom is -0.481 e. The highest BCUT2D eigenvalue weighted by molar-refractivity contribution is 5.91. The number of fused-ring (bicyclic) bond motifs is 5. The molecular formula is C24H36O4. The van der Waals surface area contributed by atoms with Gasteiger partial charge in [-0.3, -0.25) is 9.59 Å². The lowest BCUT2D eigenvalue weighted by atomic mass is 9.45. The molecule has 4 aliphatic carbocycles. The molecule has 28 heavy (non-hydrogen) atoms. The molecule has 0 bridgehead atoms. The Hall–Kier alpha value is -1.16. The number of carbonyl (C=O) groups is 2. The van der Waals surface area contributed by atoms with Gasteiger partial charge in [-0.1, -0.05) is 26.3 Å². The van der Waals surface area contributed by atoms with E-state index in [1.54, 1.807) is 0 Å². The first-order valence-corrected chi connectivity index (χ1v) is 11.3. The van der Waals surface area contributed by atoms with Crippen molar-refractivity contribution >= 4 is 11.8 Å². The van der Waals surface area contributed by atoms with Crippen molar-refractivity contribution in [2.24, 2.45) is 40.4 Å². The Bertz CT molecular complexity index is 697. The Morgan fingerprint density at radius 1 is 1.21 bits per heavy atom. The Balaban J connectivity index is 1.59. The average Bonchev–Trinajstić information content (AvgIpc) is 2.98. The van der Waals surface area contributed by atoms with E-state index in [0.29, 0.717) is 42.4 Å². The van der Waals surface area contributed by atoms with Crippen LogP contribution in [-0.2, 0) is 9.59 Å². The molecule has 0 radical (unpaired) electrons. The second-order valence-corrected chi connectivity index (χ2v) is 10.8. The smallest absolute Gasteiger partial charge is 0.303 e. The van der Waals surface area contributed by atoms with E-state index in [1.807, 2.05) is 6.08 Å². The van der Waals surface area contributed by atoms with Crippen molar-refractivity contribution in [1.29, 1.82) is 0 Å². The molecule has 0 spiro atoms. The Morgan fingerprint density at radius 2 is 1.96 bits per heavy atom. The molecule has 0 saturated heterocycles. The summed E-state index contributed by atoms with van der Waals surface area (Å²) < 4.78 is 0. The van der Waals surface area contributed by atoms with Crippen molar-refractivity contribution in [3.05, 3.63) is 11.6 Å². The second kappa shape index (κ2) is 6.97. The predicted molar refractivity (Wildman–Crippen MR) is 108 cm³/mol. The number of aliphatic hydroxyl groups is 1. The van der Waals surface area contributed by atoms with Gasteiger partial charge in [0.15, 0.2) is 5.78 Å². The van der Waals surface area contributed by atoms with Crippen LogP contribution < -0.4 is 0 Å². The SMILES string of the molecule is CC(CCC(=O)O)[C@H]1CC[C@H]2[C@@H]3C(O)CC4=CC(=O)CC[C@]4(C)[C@H]3CC[C@]12C. The van der Waals surface area contributed by atoms with E-state index >= 15 is 0 Å². The van der Waals surface area contributed by atoms with Gasteiger partial charge < -0.3 is 10.2 Å². The molecular weight excluding hydrogens is 352 g/mol. The molecule has 0 aromatic rings. The van der Waals surface area contributed by atoms with Crippen molar-refractivity contribution in [2.75, 3.05) is 0 Å². The molecule has 4 rings (SSSR count). The van der Waals surface area contributed by atoms with Crippen LogP contribution in [0.25, 0.3) is 0 Å². The van der Waals surface area contributed by atoms with Gasteiger partial charge in [0.25, 0.3) is 0 Å². The number of carbonyl (C=O) groups excluding carboxylic acids is 1. The molecule has 4 aliphatic rings. The van der Waals surface area contributed by atoms with Gasteiger partial charge in [0.1, 0.15) is 0 Å². The molecule has 0 heterocycles. The zero-order valence-corrected chi connectivity index (χ0v) is 17.6. The summed E-state index contributed by atoms with van der Waals surface area (Å²) >= 11 is 0. The van der Waals surface area contributed by atoms with E-state index in [-0.39, 0.29) is 29.1 Å². The summed E-state index contributed by atoms with van der Waals surface area (Å²) in [7, 11) is 0. The molecule has 2 unspecified atom stereocenters. The first-order valence-electron chi connectivity index (χ1n) is 11.3. The molecule has 4 nitrogen and oxygen atoms in total. The number of hydrogen-bond acceptors (Lipinski definition) is 3. The van der Waals surface area contributed by atoms with Gasteiger partial charge in [0, 0.05) is 12.8 Å². The normalized spacial score (nSPS) is 46.2. The number of carboxylic acid groups (broad SMARTS) is 1. The summed E-state index contributed by atoms with van der Waals surface area (Å²) in [4.78, 5) is 23.0. The summed E-state index contributed by atoms with van der Waals surface area (Å²) in [6.45, 7) is 7.01. The molecule has 8 atom stereocenters. The van der Waals surface area contributed by atoms with Crippen LogP contribution >= 0.6 is 0 Å². The van der Waals surface area contributed by atoms with Crippen molar-refractivity contribution in [1.82, 2.24) is 0 Å². The van der Waals surface area contributed by atoms with Crippen LogP contribution in [0.5, 0.6) is 0 Å². The highest BCUT2D eigenvalue weighted by Gasteiger charge is 2.61. The van der Waals surface area contributed by atoms with Crippen LogP contribution in [0, 0.1) is 40.4 Å². The predicted octanol–water partition coefficient (Wildman–Crippen LogP) is 4.61. The fourth-order valence-corrected chi connectivity index (χ4v) is 8.05. The van der Waals surface area contributed by atoms with Gasteiger partial charge in [-0.05, 0) is 91.4 Å². The van der Waals surface area contributed by atoms with E-state index in [1.165, 1.54) is 12.0 Å². The van der Waals surface area contributed by atoms with Gasteiger partial charge in [0.05, 0.1) is 6.10 Å². The number of carboxylic acids is 1. The summed E-state index contributed by atoms with van der Waals surface area (Å²) in [5.74, 6) is 1.83. The summed E-state index contributed by atoms with van der Waals surface area (Å²) in [5.41, 5.74) is 1.49. The van der Waals surface area contributed by atoms with Crippen LogP contribution in [0.15, 0.2) is 11.6 Å². The summed E-state index contributed by atoms with van der Waals surface area (Å²) in [6, 6.07) is 0. The zero-order valence-electron chi connectivity index (χ0n) is 17.6. The van der Waals surface area contributed by atoms with E-state index in [2.05, 4.69) is 20.8 Å². The summed E-state index contributed by atoms with van der Waals surface area (Å²) in [5, 5.41) is 20.3. The maximum Gasteiger partial charge on any atom is 0.303 e. The van der Waals surface area contributed by atoms with Crippen molar-refractivity contribution in [3.63, 3.8) is 0 Å². The average molecular weight is 389 g/mol. The van der Waals surface area contributed by atoms with Crippen LogP contribution in [-0.4, -0.2) is 28.1 Å². The topological polar surface area (TPSA) is 74.6 Å². The van der Waals surface area contributed by atoms with Crippen LogP contribution in [0.1, 0.15) is 78.6 Å². The highest BCUT2D eigenvalue weighted by atomic mass is 16.4. The molecule has 3 fully saturated rings. The quantitative estimate of drug-likeness (QED) is 0.738. The number of ketones is 1. The third-order valence-corrected chi connectivity index (χ3v) is 9.56. The zero-order chi connectivity index (χ0) is 20.3. The Kier molecular flexibility index (Phi) is 5.01. The van der Waals surface area contributed by atoms with Gasteiger partial charge in [0.2, 0.25) is 0 Å². The van der Waals surface area contributed by atoms with E-state index in [0.717, 1.165) is 32.1 Å². The standard InChI is InChI=1S/C24H36O4/c1-14(4-7-21(27)28)17-5-6-18-22-19(9-11-24(17,18)3)23(2)10-8-16(25)12-15(23)13-20(22)26/h12,14,17-20,22,26H,4-11,13H2,1-3H3,(H,27,28)/t14?,17-,18+,19+,20?,22+,23+,24-/m1/s1. The minimum atomic E-state index is -0.697. The molecule has 0 aromatic heterocycles. The third-order valence-electron chi connectivity index (χ3n) is 9.56. The van der Waals surface area contributed by atoms with Crippen LogP contribution in [0.4, 0.5) is 0 Å². The molecule has 156 valence electrons. The molecule has 0 aromatic carbocycles. The molecule has 2 N–H and O–H groups in total. The number of aliphatic hydroxyl groups excluding tert-OH is 1. The van der Waals surface area contributed by atoms with Crippen molar-refractivity contribution in [3.8, 4) is 0 Å². The first kappa shape index (κ1) is 20.1. The monoisotopic (exact) mass is 388 g/mol. The lowest BCUT2D eigenvalue weighted by Gasteiger charge is -2.59. The van der Waals surface area contributed by atoms with Gasteiger partial charge in [-0.25, -0.2) is 0 Å². The Morgan fingerprint density at radius 3 is 2.68 bits per heavy atom. The largest absolute Gasteiger partial charge is 0.481 e. The Labute approximate surface area is 168 Å². The van der Waals surface area contributed by atoms with E-state index in [9.17, 15) is 14.7 Å². The van der Waals surface area contributed by atoms with E-state index < -0.39 is 5.97 Å². The number of hydrogen-bond donors (Lipinski definition) is 2. The third kappa shape index (κ3) is 2.98. The highest BCUT2D eigenvalue weighted by Crippen LogP contribution is 2.67. The van der Waals surface area contributed by atoms with Crippen LogP contribution in [0.3, 0.4) is 0 Å². The number of rotatable bonds is 4. The van der Waals surface area contributed by atoms with Crippen molar-refractivity contribution < 1.29 is 19.8 Å². The fourth-order valence-electron chi connectivity index (χ4n) is 8.05. The maximum absolute atomic E-state index is 12.0. The number of aliphatic carboxylic acids is 1. The second-order valence-electron chi connectivity index (χ2n) is 10.8.